The lowest BCUT2D eigenvalue weighted by atomic mass is 10.2. The van der Waals surface area contributed by atoms with E-state index in [0.29, 0.717) is 11.0 Å². The van der Waals surface area contributed by atoms with E-state index in [-0.39, 0.29) is 0 Å². The highest BCUT2D eigenvalue weighted by Gasteiger charge is 2.18. The summed E-state index contributed by atoms with van der Waals surface area (Å²) < 4.78 is 0. The van der Waals surface area contributed by atoms with Crippen molar-refractivity contribution in [2.24, 2.45) is 0 Å². The standard InChI is InChI=1S/C18H17ClN4/c19-13-7-9-14(10-8-13)20-18-21-16-6-2-1-5-15(16)17(22-18)23-11-3-4-12-23/h1-2,5-10H,3-4,11-12H2,(H,20,21,22). The number of halogens is 1. The minimum absolute atomic E-state index is 0.618. The number of rotatable bonds is 3. The maximum Gasteiger partial charge on any atom is 0.229 e. The van der Waals surface area contributed by atoms with Gasteiger partial charge in [-0.2, -0.15) is 4.98 Å². The number of hydrogen-bond donors (Lipinski definition) is 1. The molecule has 0 radical (unpaired) electrons. The molecule has 2 heterocycles. The van der Waals surface area contributed by atoms with E-state index in [4.69, 9.17) is 16.6 Å². The molecule has 23 heavy (non-hydrogen) atoms. The number of fused-ring (bicyclic) bond motifs is 1. The SMILES string of the molecule is Clc1ccc(Nc2nc(N3CCCC3)c3ccccc3n2)cc1. The predicted molar refractivity (Wildman–Crippen MR) is 95.7 cm³/mol. The molecule has 0 saturated carbocycles. The third-order valence-electron chi connectivity index (χ3n) is 4.09. The first-order valence-corrected chi connectivity index (χ1v) is 8.22. The second-order valence-electron chi connectivity index (χ2n) is 5.71. The largest absolute Gasteiger partial charge is 0.356 e. The van der Waals surface area contributed by atoms with Crippen molar-refractivity contribution in [2.45, 2.75) is 12.8 Å². The Hall–Kier alpha value is -2.33. The molecule has 2 aromatic carbocycles. The van der Waals surface area contributed by atoms with Crippen LogP contribution in [0.1, 0.15) is 12.8 Å². The highest BCUT2D eigenvalue weighted by atomic mass is 35.5. The van der Waals surface area contributed by atoms with E-state index >= 15 is 0 Å². The number of hydrogen-bond acceptors (Lipinski definition) is 4. The van der Waals surface area contributed by atoms with Gasteiger partial charge >= 0.3 is 0 Å². The Bertz CT molecular complexity index is 826. The molecule has 1 aliphatic rings. The highest BCUT2D eigenvalue weighted by molar-refractivity contribution is 6.30. The van der Waals surface area contributed by atoms with E-state index < -0.39 is 0 Å². The van der Waals surface area contributed by atoms with Crippen LogP contribution in [0.3, 0.4) is 0 Å². The maximum absolute atomic E-state index is 5.94. The van der Waals surface area contributed by atoms with Crippen LogP contribution in [0, 0.1) is 0 Å². The van der Waals surface area contributed by atoms with E-state index in [0.717, 1.165) is 35.5 Å². The third kappa shape index (κ3) is 2.94. The monoisotopic (exact) mass is 324 g/mol. The molecule has 0 bridgehead atoms. The van der Waals surface area contributed by atoms with E-state index in [1.807, 2.05) is 42.5 Å². The molecule has 1 aromatic heterocycles. The van der Waals surface area contributed by atoms with Gasteiger partial charge in [0.1, 0.15) is 5.82 Å². The van der Waals surface area contributed by atoms with Crippen molar-refractivity contribution in [1.82, 2.24) is 9.97 Å². The molecule has 0 unspecified atom stereocenters. The van der Waals surface area contributed by atoms with Crippen LogP contribution >= 0.6 is 11.6 Å². The lowest BCUT2D eigenvalue weighted by Crippen LogP contribution is -2.20. The average Bonchev–Trinajstić information content (AvgIpc) is 3.11. The zero-order valence-electron chi connectivity index (χ0n) is 12.7. The van der Waals surface area contributed by atoms with Crippen LogP contribution in [0.4, 0.5) is 17.5 Å². The Labute approximate surface area is 140 Å². The summed E-state index contributed by atoms with van der Waals surface area (Å²) in [5.74, 6) is 1.64. The van der Waals surface area contributed by atoms with Gasteiger partial charge in [-0.25, -0.2) is 4.98 Å². The fourth-order valence-corrected chi connectivity index (χ4v) is 3.07. The molecule has 1 aliphatic heterocycles. The van der Waals surface area contributed by atoms with Gasteiger partial charge in [0, 0.05) is 29.2 Å². The number of nitrogens with zero attached hydrogens (tertiary/aromatic N) is 3. The van der Waals surface area contributed by atoms with Crippen LogP contribution in [0.5, 0.6) is 0 Å². The molecule has 116 valence electrons. The van der Waals surface area contributed by atoms with Crippen molar-refractivity contribution in [3.63, 3.8) is 0 Å². The summed E-state index contributed by atoms with van der Waals surface area (Å²) in [6.07, 6.45) is 2.44. The van der Waals surface area contributed by atoms with Crippen LogP contribution in [-0.2, 0) is 0 Å². The van der Waals surface area contributed by atoms with Gasteiger partial charge in [0.15, 0.2) is 0 Å². The molecule has 1 saturated heterocycles. The Morgan fingerprint density at radius 2 is 1.65 bits per heavy atom. The van der Waals surface area contributed by atoms with E-state index in [2.05, 4.69) is 21.3 Å². The highest BCUT2D eigenvalue weighted by Crippen LogP contribution is 2.29. The lowest BCUT2D eigenvalue weighted by molar-refractivity contribution is 0.941. The van der Waals surface area contributed by atoms with E-state index in [9.17, 15) is 0 Å². The molecular formula is C18H17ClN4. The summed E-state index contributed by atoms with van der Waals surface area (Å²) in [4.78, 5) is 11.8. The zero-order chi connectivity index (χ0) is 15.6. The number of anilines is 3. The summed E-state index contributed by atoms with van der Waals surface area (Å²) in [5, 5.41) is 5.10. The molecular weight excluding hydrogens is 308 g/mol. The Balaban J connectivity index is 1.76. The van der Waals surface area contributed by atoms with Crippen LogP contribution in [0.2, 0.25) is 5.02 Å². The number of aromatic nitrogens is 2. The van der Waals surface area contributed by atoms with Gasteiger partial charge < -0.3 is 10.2 Å². The van der Waals surface area contributed by atoms with Crippen LogP contribution in [0.25, 0.3) is 10.9 Å². The van der Waals surface area contributed by atoms with Gasteiger partial charge in [0.05, 0.1) is 5.52 Å². The molecule has 0 spiro atoms. The van der Waals surface area contributed by atoms with E-state index in [1.165, 1.54) is 12.8 Å². The third-order valence-corrected chi connectivity index (χ3v) is 4.34. The summed E-state index contributed by atoms with van der Waals surface area (Å²) in [6.45, 7) is 2.11. The van der Waals surface area contributed by atoms with E-state index in [1.54, 1.807) is 0 Å². The Kier molecular flexibility index (Phi) is 3.75. The van der Waals surface area contributed by atoms with Crippen molar-refractivity contribution in [1.29, 1.82) is 0 Å². The minimum atomic E-state index is 0.618. The van der Waals surface area contributed by atoms with Crippen molar-refractivity contribution in [3.8, 4) is 0 Å². The maximum atomic E-state index is 5.94. The van der Waals surface area contributed by atoms with Gasteiger partial charge in [0.2, 0.25) is 5.95 Å². The topological polar surface area (TPSA) is 41.1 Å². The molecule has 0 aliphatic carbocycles. The van der Waals surface area contributed by atoms with Crippen molar-refractivity contribution in [2.75, 3.05) is 23.3 Å². The fraction of sp³-hybridized carbons (Fsp3) is 0.222. The number of para-hydroxylation sites is 1. The summed E-state index contributed by atoms with van der Waals surface area (Å²) in [6, 6.07) is 15.7. The molecule has 4 nitrogen and oxygen atoms in total. The normalized spacial score (nSPS) is 14.4. The van der Waals surface area contributed by atoms with Crippen LogP contribution in [0.15, 0.2) is 48.5 Å². The molecule has 1 N–H and O–H groups in total. The quantitative estimate of drug-likeness (QED) is 0.762. The first kappa shape index (κ1) is 14.3. The minimum Gasteiger partial charge on any atom is -0.356 e. The molecule has 1 fully saturated rings. The first-order valence-electron chi connectivity index (χ1n) is 7.84. The molecule has 0 amide bonds. The van der Waals surface area contributed by atoms with Gasteiger partial charge in [0.25, 0.3) is 0 Å². The van der Waals surface area contributed by atoms with Crippen molar-refractivity contribution in [3.05, 3.63) is 53.6 Å². The summed E-state index contributed by atoms with van der Waals surface area (Å²) >= 11 is 5.94. The number of nitrogens with one attached hydrogen (secondary N) is 1. The summed E-state index contributed by atoms with van der Waals surface area (Å²) in [5.41, 5.74) is 1.89. The molecule has 0 atom stereocenters. The Morgan fingerprint density at radius 1 is 0.913 bits per heavy atom. The van der Waals surface area contributed by atoms with Crippen LogP contribution in [-0.4, -0.2) is 23.1 Å². The Morgan fingerprint density at radius 3 is 2.43 bits per heavy atom. The molecule has 4 rings (SSSR count). The average molecular weight is 325 g/mol. The zero-order valence-corrected chi connectivity index (χ0v) is 13.4. The second-order valence-corrected chi connectivity index (χ2v) is 6.15. The van der Waals surface area contributed by atoms with Gasteiger partial charge in [-0.05, 0) is 49.2 Å². The number of benzene rings is 2. The molecule has 3 aromatic rings. The van der Waals surface area contributed by atoms with Gasteiger partial charge in [-0.3, -0.25) is 0 Å². The lowest BCUT2D eigenvalue weighted by Gasteiger charge is -2.19. The van der Waals surface area contributed by atoms with Crippen LogP contribution < -0.4 is 10.2 Å². The summed E-state index contributed by atoms with van der Waals surface area (Å²) in [7, 11) is 0. The molecule has 5 heteroatoms. The van der Waals surface area contributed by atoms with Crippen molar-refractivity contribution < 1.29 is 0 Å². The second kappa shape index (κ2) is 6.05. The smallest absolute Gasteiger partial charge is 0.229 e. The predicted octanol–water partition coefficient (Wildman–Crippen LogP) is 4.63. The fourth-order valence-electron chi connectivity index (χ4n) is 2.95. The van der Waals surface area contributed by atoms with Crippen molar-refractivity contribution >= 4 is 40.0 Å². The first-order chi connectivity index (χ1) is 11.3. The van der Waals surface area contributed by atoms with Gasteiger partial charge in [-0.1, -0.05) is 23.7 Å². The van der Waals surface area contributed by atoms with Gasteiger partial charge in [-0.15, -0.1) is 0 Å².